The Bertz CT molecular complexity index is 470. The van der Waals surface area contributed by atoms with Crippen LogP contribution in [-0.4, -0.2) is 88.1 Å². The number of amides is 3. The zero-order valence-electron chi connectivity index (χ0n) is 12.9. The fourth-order valence-corrected chi connectivity index (χ4v) is 1.40. The summed E-state index contributed by atoms with van der Waals surface area (Å²) in [5.41, 5.74) is 5.34. The summed E-state index contributed by atoms with van der Waals surface area (Å²) in [4.78, 5) is 45.5. The van der Waals surface area contributed by atoms with E-state index in [1.165, 1.54) is 6.92 Å². The van der Waals surface area contributed by atoms with E-state index in [0.717, 1.165) is 0 Å². The number of hydrogen-bond donors (Lipinski definition) is 8. The molecule has 4 atom stereocenters. The molecule has 0 spiro atoms. The van der Waals surface area contributed by atoms with Crippen LogP contribution in [0, 0.1) is 0 Å². The highest BCUT2D eigenvalue weighted by atomic mass is 16.4. The molecular formula is C12H22N4O8. The van der Waals surface area contributed by atoms with Crippen LogP contribution in [-0.2, 0) is 19.2 Å². The van der Waals surface area contributed by atoms with Gasteiger partial charge in [0.15, 0.2) is 0 Å². The predicted octanol–water partition coefficient (Wildman–Crippen LogP) is -5.15. The van der Waals surface area contributed by atoms with Gasteiger partial charge >= 0.3 is 5.97 Å². The molecule has 0 aromatic heterocycles. The second-order valence-electron chi connectivity index (χ2n) is 4.87. The van der Waals surface area contributed by atoms with Gasteiger partial charge in [0.2, 0.25) is 17.7 Å². The highest BCUT2D eigenvalue weighted by molar-refractivity contribution is 5.92. The van der Waals surface area contributed by atoms with Gasteiger partial charge < -0.3 is 42.1 Å². The van der Waals surface area contributed by atoms with E-state index >= 15 is 0 Å². The van der Waals surface area contributed by atoms with E-state index in [-0.39, 0.29) is 0 Å². The SMILES string of the molecule is CC(O)C(N)C(=O)NCC(=O)N[C@@H](CO)C(=O)N[C@@H](CO)C(=O)O. The Balaban J connectivity index is 4.50. The molecule has 0 aliphatic rings. The molecule has 9 N–H and O–H groups in total. The smallest absolute Gasteiger partial charge is 0.328 e. The quantitative estimate of drug-likeness (QED) is 0.189. The summed E-state index contributed by atoms with van der Waals surface area (Å²) < 4.78 is 0. The molecule has 0 heterocycles. The number of aliphatic hydroxyl groups excluding tert-OH is 3. The van der Waals surface area contributed by atoms with Crippen molar-refractivity contribution in [3.8, 4) is 0 Å². The Hall–Kier alpha value is -2.28. The van der Waals surface area contributed by atoms with Crippen LogP contribution in [0.5, 0.6) is 0 Å². The normalized spacial score (nSPS) is 15.5. The largest absolute Gasteiger partial charge is 0.480 e. The summed E-state index contributed by atoms with van der Waals surface area (Å²) in [5.74, 6) is -4.17. The van der Waals surface area contributed by atoms with Gasteiger partial charge in [0.05, 0.1) is 25.9 Å². The van der Waals surface area contributed by atoms with E-state index in [9.17, 15) is 19.2 Å². The first-order chi connectivity index (χ1) is 11.1. The van der Waals surface area contributed by atoms with Crippen molar-refractivity contribution < 1.29 is 39.6 Å². The molecule has 0 aliphatic heterocycles. The molecule has 0 aromatic rings. The first kappa shape index (κ1) is 21.7. The molecule has 24 heavy (non-hydrogen) atoms. The van der Waals surface area contributed by atoms with E-state index in [0.29, 0.717) is 0 Å². The van der Waals surface area contributed by atoms with Gasteiger partial charge in [-0.1, -0.05) is 0 Å². The predicted molar refractivity (Wildman–Crippen MR) is 78.3 cm³/mol. The van der Waals surface area contributed by atoms with Crippen molar-refractivity contribution in [3.05, 3.63) is 0 Å². The average molecular weight is 350 g/mol. The molecule has 0 aliphatic carbocycles. The highest BCUT2D eigenvalue weighted by Gasteiger charge is 2.26. The van der Waals surface area contributed by atoms with Crippen molar-refractivity contribution in [2.45, 2.75) is 31.2 Å². The monoisotopic (exact) mass is 350 g/mol. The van der Waals surface area contributed by atoms with E-state index < -0.39 is 67.7 Å². The van der Waals surface area contributed by atoms with Crippen molar-refractivity contribution in [3.63, 3.8) is 0 Å². The first-order valence-electron chi connectivity index (χ1n) is 6.89. The minimum absolute atomic E-state index is 0.578. The highest BCUT2D eigenvalue weighted by Crippen LogP contribution is 1.90. The van der Waals surface area contributed by atoms with E-state index in [2.05, 4.69) is 10.6 Å². The van der Waals surface area contributed by atoms with Crippen molar-refractivity contribution in [1.82, 2.24) is 16.0 Å². The van der Waals surface area contributed by atoms with E-state index in [4.69, 9.17) is 26.2 Å². The molecule has 0 saturated heterocycles. The number of nitrogens with one attached hydrogen (secondary N) is 3. The summed E-state index contributed by atoms with van der Waals surface area (Å²) >= 11 is 0. The standard InChI is InChI=1S/C12H22N4O8/c1-5(19)9(13)11(22)14-2-8(20)15-6(3-17)10(21)16-7(4-18)12(23)24/h5-7,9,17-19H,2-4,13H2,1H3,(H,14,22)(H,15,20)(H,16,21)(H,23,24)/t5?,6-,7-,9?/m0/s1. The van der Waals surface area contributed by atoms with Crippen LogP contribution in [0.15, 0.2) is 0 Å². The maximum absolute atomic E-state index is 11.7. The molecule has 0 radical (unpaired) electrons. The second-order valence-corrected chi connectivity index (χ2v) is 4.87. The Kier molecular flexibility index (Phi) is 9.49. The summed E-state index contributed by atoms with van der Waals surface area (Å²) in [5, 5.41) is 41.8. The van der Waals surface area contributed by atoms with Crippen molar-refractivity contribution in [1.29, 1.82) is 0 Å². The van der Waals surface area contributed by atoms with Crippen LogP contribution in [0.2, 0.25) is 0 Å². The summed E-state index contributed by atoms with van der Waals surface area (Å²) in [7, 11) is 0. The Morgan fingerprint density at radius 3 is 1.96 bits per heavy atom. The van der Waals surface area contributed by atoms with Crippen LogP contribution in [0.25, 0.3) is 0 Å². The molecule has 12 heteroatoms. The van der Waals surface area contributed by atoms with E-state index in [1.54, 1.807) is 0 Å². The van der Waals surface area contributed by atoms with Gasteiger partial charge in [-0.15, -0.1) is 0 Å². The Morgan fingerprint density at radius 1 is 1.00 bits per heavy atom. The summed E-state index contributed by atoms with van der Waals surface area (Å²) in [6.07, 6.45) is -1.13. The number of carbonyl (C=O) groups excluding carboxylic acids is 3. The molecule has 0 rings (SSSR count). The van der Waals surface area contributed by atoms with Gasteiger partial charge in [-0.2, -0.15) is 0 Å². The molecule has 0 aromatic carbocycles. The van der Waals surface area contributed by atoms with E-state index in [1.807, 2.05) is 5.32 Å². The zero-order valence-corrected chi connectivity index (χ0v) is 12.9. The number of carbonyl (C=O) groups is 4. The molecular weight excluding hydrogens is 328 g/mol. The fourth-order valence-electron chi connectivity index (χ4n) is 1.40. The molecule has 12 nitrogen and oxygen atoms in total. The molecule has 0 fully saturated rings. The number of hydrogen-bond acceptors (Lipinski definition) is 8. The maximum Gasteiger partial charge on any atom is 0.328 e. The molecule has 0 bridgehead atoms. The second kappa shape index (κ2) is 10.5. The van der Waals surface area contributed by atoms with Crippen LogP contribution >= 0.6 is 0 Å². The van der Waals surface area contributed by atoms with Crippen LogP contribution in [0.3, 0.4) is 0 Å². The topological polar surface area (TPSA) is 211 Å². The van der Waals surface area contributed by atoms with Crippen molar-refractivity contribution in [2.75, 3.05) is 19.8 Å². The first-order valence-corrected chi connectivity index (χ1v) is 6.89. The molecule has 0 saturated carbocycles. The van der Waals surface area contributed by atoms with Gasteiger partial charge in [0.1, 0.15) is 18.1 Å². The van der Waals surface area contributed by atoms with Gasteiger partial charge in [0, 0.05) is 0 Å². The van der Waals surface area contributed by atoms with Gasteiger partial charge in [-0.05, 0) is 6.92 Å². The lowest BCUT2D eigenvalue weighted by Crippen LogP contribution is -2.56. The van der Waals surface area contributed by atoms with Crippen LogP contribution < -0.4 is 21.7 Å². The maximum atomic E-state index is 11.7. The summed E-state index contributed by atoms with van der Waals surface area (Å²) in [6.45, 7) is -1.00. The van der Waals surface area contributed by atoms with Gasteiger partial charge in [-0.25, -0.2) is 4.79 Å². The lowest BCUT2D eigenvalue weighted by atomic mass is 10.2. The third-order valence-electron chi connectivity index (χ3n) is 2.88. The number of carboxylic acids is 1. The summed E-state index contributed by atoms with van der Waals surface area (Å²) in [6, 6.07) is -4.31. The lowest BCUT2D eigenvalue weighted by Gasteiger charge is -2.19. The fraction of sp³-hybridized carbons (Fsp3) is 0.667. The zero-order chi connectivity index (χ0) is 18.9. The Morgan fingerprint density at radius 2 is 1.54 bits per heavy atom. The number of nitrogens with two attached hydrogens (primary N) is 1. The lowest BCUT2D eigenvalue weighted by molar-refractivity contribution is -0.143. The van der Waals surface area contributed by atoms with Crippen LogP contribution in [0.1, 0.15) is 6.92 Å². The minimum Gasteiger partial charge on any atom is -0.480 e. The molecule has 2 unspecified atom stereocenters. The number of carboxylic acid groups (broad SMARTS) is 1. The van der Waals surface area contributed by atoms with Crippen molar-refractivity contribution in [2.24, 2.45) is 5.73 Å². The average Bonchev–Trinajstić information content (AvgIpc) is 2.53. The number of aliphatic hydroxyl groups is 3. The van der Waals surface area contributed by atoms with Crippen LogP contribution in [0.4, 0.5) is 0 Å². The van der Waals surface area contributed by atoms with Gasteiger partial charge in [0.25, 0.3) is 0 Å². The third kappa shape index (κ3) is 7.32. The number of aliphatic carboxylic acids is 1. The number of rotatable bonds is 10. The third-order valence-corrected chi connectivity index (χ3v) is 2.88. The Labute approximate surface area is 137 Å². The molecule has 138 valence electrons. The molecule has 3 amide bonds. The van der Waals surface area contributed by atoms with Crippen molar-refractivity contribution >= 4 is 23.7 Å². The van der Waals surface area contributed by atoms with Gasteiger partial charge in [-0.3, -0.25) is 14.4 Å². The minimum atomic E-state index is -1.59.